The van der Waals surface area contributed by atoms with E-state index in [1.54, 1.807) is 0 Å². The van der Waals surface area contributed by atoms with Crippen LogP contribution in [0.1, 0.15) is 56.1 Å². The lowest BCUT2D eigenvalue weighted by atomic mass is 10.0. The van der Waals surface area contributed by atoms with Crippen LogP contribution in [0.4, 0.5) is 0 Å². The SMILES string of the molecule is Cc1nn(C(C)C)c(C)c1CCC1(N)CC1. The van der Waals surface area contributed by atoms with Crippen molar-refractivity contribution in [3.63, 3.8) is 0 Å². The second-order valence-corrected chi connectivity index (χ2v) is 5.55. The summed E-state index contributed by atoms with van der Waals surface area (Å²) in [6.07, 6.45) is 4.59. The van der Waals surface area contributed by atoms with E-state index < -0.39 is 0 Å². The van der Waals surface area contributed by atoms with Crippen molar-refractivity contribution in [3.05, 3.63) is 17.0 Å². The third-order valence-corrected chi connectivity index (χ3v) is 3.73. The number of rotatable bonds is 4. The first kappa shape index (κ1) is 11.6. The molecule has 0 saturated heterocycles. The van der Waals surface area contributed by atoms with Crippen LogP contribution in [-0.2, 0) is 6.42 Å². The van der Waals surface area contributed by atoms with Gasteiger partial charge in [0.05, 0.1) is 5.69 Å². The number of hydrogen-bond donors (Lipinski definition) is 1. The van der Waals surface area contributed by atoms with Gasteiger partial charge in [0.2, 0.25) is 0 Å². The van der Waals surface area contributed by atoms with Crippen molar-refractivity contribution in [3.8, 4) is 0 Å². The van der Waals surface area contributed by atoms with E-state index in [9.17, 15) is 0 Å². The van der Waals surface area contributed by atoms with E-state index in [4.69, 9.17) is 5.73 Å². The van der Waals surface area contributed by atoms with Gasteiger partial charge in [-0.2, -0.15) is 5.10 Å². The fourth-order valence-corrected chi connectivity index (χ4v) is 2.35. The molecule has 0 spiro atoms. The van der Waals surface area contributed by atoms with Crippen LogP contribution in [0.15, 0.2) is 0 Å². The lowest BCUT2D eigenvalue weighted by Crippen LogP contribution is -2.22. The maximum atomic E-state index is 6.13. The molecule has 1 aromatic rings. The number of aryl methyl sites for hydroxylation is 1. The molecule has 1 aromatic heterocycles. The smallest absolute Gasteiger partial charge is 0.0628 e. The minimum Gasteiger partial charge on any atom is -0.325 e. The van der Waals surface area contributed by atoms with Crippen LogP contribution in [0.25, 0.3) is 0 Å². The molecule has 90 valence electrons. The lowest BCUT2D eigenvalue weighted by Gasteiger charge is -2.10. The van der Waals surface area contributed by atoms with E-state index in [2.05, 4.69) is 37.5 Å². The Hall–Kier alpha value is -0.830. The Morgan fingerprint density at radius 3 is 2.44 bits per heavy atom. The van der Waals surface area contributed by atoms with Crippen molar-refractivity contribution in [1.82, 2.24) is 9.78 Å². The van der Waals surface area contributed by atoms with Crippen LogP contribution in [-0.4, -0.2) is 15.3 Å². The predicted octanol–water partition coefficient (Wildman–Crippen LogP) is 2.50. The molecular weight excluding hydrogens is 198 g/mol. The maximum absolute atomic E-state index is 6.13. The fourth-order valence-electron chi connectivity index (χ4n) is 2.35. The highest BCUT2D eigenvalue weighted by Gasteiger charge is 2.37. The Balaban J connectivity index is 2.13. The maximum Gasteiger partial charge on any atom is 0.0628 e. The van der Waals surface area contributed by atoms with E-state index in [0.29, 0.717) is 6.04 Å². The Bertz CT molecular complexity index is 386. The highest BCUT2D eigenvalue weighted by atomic mass is 15.3. The van der Waals surface area contributed by atoms with Crippen LogP contribution in [0.3, 0.4) is 0 Å². The van der Waals surface area contributed by atoms with Gasteiger partial charge < -0.3 is 5.73 Å². The molecule has 0 unspecified atom stereocenters. The first-order chi connectivity index (χ1) is 7.43. The topological polar surface area (TPSA) is 43.8 Å². The molecule has 2 N–H and O–H groups in total. The molecule has 1 aliphatic carbocycles. The van der Waals surface area contributed by atoms with Crippen molar-refractivity contribution in [2.24, 2.45) is 5.73 Å². The molecule has 3 nitrogen and oxygen atoms in total. The molecule has 1 aliphatic rings. The van der Waals surface area contributed by atoms with Gasteiger partial charge in [0.1, 0.15) is 0 Å². The average Bonchev–Trinajstić information content (AvgIpc) is 2.85. The second kappa shape index (κ2) is 3.88. The van der Waals surface area contributed by atoms with Gasteiger partial charge in [0, 0.05) is 17.3 Å². The zero-order valence-corrected chi connectivity index (χ0v) is 10.9. The fraction of sp³-hybridized carbons (Fsp3) is 0.769. The molecule has 1 fully saturated rings. The van der Waals surface area contributed by atoms with Gasteiger partial charge in [-0.15, -0.1) is 0 Å². The van der Waals surface area contributed by atoms with Crippen LogP contribution < -0.4 is 5.73 Å². The van der Waals surface area contributed by atoms with Gasteiger partial charge >= 0.3 is 0 Å². The molecule has 0 amide bonds. The molecule has 16 heavy (non-hydrogen) atoms. The normalized spacial score (nSPS) is 18.1. The lowest BCUT2D eigenvalue weighted by molar-refractivity contribution is 0.515. The Morgan fingerprint density at radius 1 is 1.38 bits per heavy atom. The second-order valence-electron chi connectivity index (χ2n) is 5.55. The third kappa shape index (κ3) is 2.14. The van der Waals surface area contributed by atoms with E-state index in [1.165, 1.54) is 29.8 Å². The Kier molecular flexibility index (Phi) is 2.82. The Labute approximate surface area is 98.0 Å². The molecule has 0 aliphatic heterocycles. The molecule has 0 radical (unpaired) electrons. The Morgan fingerprint density at radius 2 is 2.00 bits per heavy atom. The standard InChI is InChI=1S/C13H23N3/c1-9(2)16-11(4)12(10(3)15-16)5-6-13(14)7-8-13/h9H,5-8,14H2,1-4H3. The summed E-state index contributed by atoms with van der Waals surface area (Å²) < 4.78 is 2.13. The van der Waals surface area contributed by atoms with Crippen molar-refractivity contribution >= 4 is 0 Å². The molecule has 3 heteroatoms. The van der Waals surface area contributed by atoms with Gasteiger partial charge in [-0.05, 0) is 58.9 Å². The number of hydrogen-bond acceptors (Lipinski definition) is 2. The zero-order valence-electron chi connectivity index (χ0n) is 10.9. The van der Waals surface area contributed by atoms with Crippen molar-refractivity contribution in [2.75, 3.05) is 0 Å². The average molecular weight is 221 g/mol. The molecule has 0 aromatic carbocycles. The minimum atomic E-state index is 0.152. The van der Waals surface area contributed by atoms with E-state index >= 15 is 0 Å². The summed E-state index contributed by atoms with van der Waals surface area (Å²) in [4.78, 5) is 0. The summed E-state index contributed by atoms with van der Waals surface area (Å²) in [5, 5.41) is 4.61. The quantitative estimate of drug-likeness (QED) is 0.849. The summed E-state index contributed by atoms with van der Waals surface area (Å²) in [6.45, 7) is 8.63. The summed E-state index contributed by atoms with van der Waals surface area (Å²) >= 11 is 0. The molecule has 0 atom stereocenters. The highest BCUT2D eigenvalue weighted by Crippen LogP contribution is 2.37. The summed E-state index contributed by atoms with van der Waals surface area (Å²) in [5.41, 5.74) is 10.2. The van der Waals surface area contributed by atoms with Crippen LogP contribution in [0.2, 0.25) is 0 Å². The first-order valence-electron chi connectivity index (χ1n) is 6.26. The highest BCUT2D eigenvalue weighted by molar-refractivity contribution is 5.25. The molecule has 0 bridgehead atoms. The van der Waals surface area contributed by atoms with Gasteiger partial charge in [-0.1, -0.05) is 0 Å². The molecule has 2 rings (SSSR count). The van der Waals surface area contributed by atoms with Gasteiger partial charge in [-0.3, -0.25) is 4.68 Å². The minimum absolute atomic E-state index is 0.152. The first-order valence-corrected chi connectivity index (χ1v) is 6.26. The van der Waals surface area contributed by atoms with Gasteiger partial charge in [0.25, 0.3) is 0 Å². The predicted molar refractivity (Wildman–Crippen MR) is 66.6 cm³/mol. The van der Waals surface area contributed by atoms with E-state index in [1.807, 2.05) is 0 Å². The zero-order chi connectivity index (χ0) is 11.9. The summed E-state index contributed by atoms with van der Waals surface area (Å²) in [6, 6.07) is 0.445. The largest absolute Gasteiger partial charge is 0.325 e. The van der Waals surface area contributed by atoms with Crippen LogP contribution in [0, 0.1) is 13.8 Å². The third-order valence-electron chi connectivity index (χ3n) is 3.73. The number of aromatic nitrogens is 2. The summed E-state index contributed by atoms with van der Waals surface area (Å²) in [5.74, 6) is 0. The van der Waals surface area contributed by atoms with Crippen molar-refractivity contribution in [2.45, 2.75) is 65.0 Å². The monoisotopic (exact) mass is 221 g/mol. The van der Waals surface area contributed by atoms with Gasteiger partial charge in [-0.25, -0.2) is 0 Å². The number of nitrogens with two attached hydrogens (primary N) is 1. The van der Waals surface area contributed by atoms with Crippen LogP contribution >= 0.6 is 0 Å². The number of nitrogens with zero attached hydrogens (tertiary/aromatic N) is 2. The van der Waals surface area contributed by atoms with E-state index in [-0.39, 0.29) is 5.54 Å². The van der Waals surface area contributed by atoms with Crippen LogP contribution in [0.5, 0.6) is 0 Å². The van der Waals surface area contributed by atoms with Gasteiger partial charge in [0.15, 0.2) is 0 Å². The van der Waals surface area contributed by atoms with Crippen molar-refractivity contribution < 1.29 is 0 Å². The molecular formula is C13H23N3. The van der Waals surface area contributed by atoms with Crippen molar-refractivity contribution in [1.29, 1.82) is 0 Å². The van der Waals surface area contributed by atoms with E-state index in [0.717, 1.165) is 12.8 Å². The molecule has 1 saturated carbocycles. The summed E-state index contributed by atoms with van der Waals surface area (Å²) in [7, 11) is 0. The molecule has 1 heterocycles.